The van der Waals surface area contributed by atoms with Crippen LogP contribution in [0.2, 0.25) is 0 Å². The lowest BCUT2D eigenvalue weighted by Gasteiger charge is -2.18. The Kier molecular flexibility index (Phi) is 1.45. The van der Waals surface area contributed by atoms with E-state index >= 15 is 0 Å². The third-order valence-corrected chi connectivity index (χ3v) is 2.85. The molecular formula is C10H10O3. The smallest absolute Gasteiger partial charge is 0.162 e. The van der Waals surface area contributed by atoms with E-state index in [4.69, 9.17) is 9.78 Å². The van der Waals surface area contributed by atoms with E-state index in [0.29, 0.717) is 6.42 Å². The van der Waals surface area contributed by atoms with Crippen molar-refractivity contribution in [1.29, 1.82) is 0 Å². The Morgan fingerprint density at radius 2 is 2.15 bits per heavy atom. The Morgan fingerprint density at radius 1 is 1.23 bits per heavy atom. The number of ketones is 1. The normalized spacial score (nSPS) is 36.8. The first-order valence-electron chi connectivity index (χ1n) is 4.60. The fraction of sp³-hybridized carbons (Fsp3) is 0.500. The molecule has 0 spiro atoms. The van der Waals surface area contributed by atoms with Crippen LogP contribution in [0.5, 0.6) is 0 Å². The molecule has 2 aliphatic carbocycles. The molecule has 2 aliphatic heterocycles. The second-order valence-electron chi connectivity index (χ2n) is 3.68. The van der Waals surface area contributed by atoms with Crippen molar-refractivity contribution in [3.05, 3.63) is 23.3 Å². The highest BCUT2D eigenvalue weighted by atomic mass is 17.2. The maximum atomic E-state index is 11.5. The zero-order valence-corrected chi connectivity index (χ0v) is 7.16. The van der Waals surface area contributed by atoms with E-state index in [1.54, 1.807) is 0 Å². The molecule has 4 rings (SSSR count). The number of Topliss-reactive ketones (excluding diaryl/α,β-unsaturated/α-hetero) is 1. The van der Waals surface area contributed by atoms with Crippen LogP contribution < -0.4 is 0 Å². The van der Waals surface area contributed by atoms with Gasteiger partial charge in [-0.2, -0.15) is 0 Å². The van der Waals surface area contributed by atoms with Crippen molar-refractivity contribution >= 4 is 5.78 Å². The van der Waals surface area contributed by atoms with Gasteiger partial charge in [-0.1, -0.05) is 11.6 Å². The number of rotatable bonds is 0. The van der Waals surface area contributed by atoms with Gasteiger partial charge in [-0.25, -0.2) is 9.78 Å². The molecule has 0 aromatic rings. The molecule has 13 heavy (non-hydrogen) atoms. The third kappa shape index (κ3) is 1.01. The van der Waals surface area contributed by atoms with E-state index in [1.807, 2.05) is 12.2 Å². The molecule has 2 unspecified atom stereocenters. The summed E-state index contributed by atoms with van der Waals surface area (Å²) >= 11 is 0. The van der Waals surface area contributed by atoms with Crippen LogP contribution in [0.4, 0.5) is 0 Å². The average Bonchev–Trinajstić information content (AvgIpc) is 2.38. The zero-order chi connectivity index (χ0) is 8.84. The molecular weight excluding hydrogens is 168 g/mol. The zero-order valence-electron chi connectivity index (χ0n) is 7.16. The van der Waals surface area contributed by atoms with Crippen LogP contribution in [0.25, 0.3) is 0 Å². The van der Waals surface area contributed by atoms with Gasteiger partial charge in [0.1, 0.15) is 12.2 Å². The molecule has 3 nitrogen and oxygen atoms in total. The topological polar surface area (TPSA) is 35.5 Å². The molecule has 0 aromatic heterocycles. The van der Waals surface area contributed by atoms with Crippen molar-refractivity contribution < 1.29 is 14.6 Å². The fourth-order valence-electron chi connectivity index (χ4n) is 2.21. The first kappa shape index (κ1) is 7.47. The maximum Gasteiger partial charge on any atom is 0.162 e. The molecule has 2 heterocycles. The minimum absolute atomic E-state index is 0.0228. The molecule has 0 saturated carbocycles. The van der Waals surface area contributed by atoms with Gasteiger partial charge in [-0.3, -0.25) is 4.79 Å². The highest BCUT2D eigenvalue weighted by Gasteiger charge is 2.36. The van der Waals surface area contributed by atoms with Crippen molar-refractivity contribution in [3.8, 4) is 0 Å². The Bertz CT molecular complexity index is 327. The van der Waals surface area contributed by atoms with Crippen molar-refractivity contribution in [2.75, 3.05) is 0 Å². The Balaban J connectivity index is 2.08. The van der Waals surface area contributed by atoms with Crippen molar-refractivity contribution in [3.63, 3.8) is 0 Å². The molecule has 0 radical (unpaired) electrons. The van der Waals surface area contributed by atoms with Gasteiger partial charge >= 0.3 is 0 Å². The number of carbonyl (C=O) groups is 1. The SMILES string of the molecule is O=C1CCC2=C1C1C=CC(C2)OO1. The third-order valence-electron chi connectivity index (χ3n) is 2.85. The first-order valence-corrected chi connectivity index (χ1v) is 4.60. The van der Waals surface area contributed by atoms with Crippen LogP contribution in [-0.2, 0) is 14.6 Å². The van der Waals surface area contributed by atoms with E-state index in [0.717, 1.165) is 18.4 Å². The van der Waals surface area contributed by atoms with E-state index in [-0.39, 0.29) is 18.0 Å². The lowest BCUT2D eigenvalue weighted by atomic mass is 10.0. The predicted molar refractivity (Wildman–Crippen MR) is 44.8 cm³/mol. The van der Waals surface area contributed by atoms with Crippen LogP contribution in [-0.4, -0.2) is 18.0 Å². The number of hydrogen-bond acceptors (Lipinski definition) is 3. The summed E-state index contributed by atoms with van der Waals surface area (Å²) in [6.07, 6.45) is 6.09. The van der Waals surface area contributed by atoms with Crippen molar-refractivity contribution in [2.24, 2.45) is 0 Å². The van der Waals surface area contributed by atoms with Gasteiger partial charge in [0, 0.05) is 18.4 Å². The predicted octanol–water partition coefficient (Wildman–Crippen LogP) is 1.30. The van der Waals surface area contributed by atoms with E-state index in [1.165, 1.54) is 5.57 Å². The van der Waals surface area contributed by atoms with Crippen molar-refractivity contribution in [1.82, 2.24) is 0 Å². The molecule has 0 N–H and O–H groups in total. The quantitative estimate of drug-likeness (QED) is 0.414. The van der Waals surface area contributed by atoms with Gasteiger partial charge in [0.2, 0.25) is 0 Å². The average molecular weight is 178 g/mol. The van der Waals surface area contributed by atoms with Crippen LogP contribution in [0, 0.1) is 0 Å². The minimum atomic E-state index is -0.233. The number of carbonyl (C=O) groups excluding carboxylic acids is 1. The van der Waals surface area contributed by atoms with Crippen molar-refractivity contribution in [2.45, 2.75) is 31.5 Å². The summed E-state index contributed by atoms with van der Waals surface area (Å²) < 4.78 is 0. The van der Waals surface area contributed by atoms with Crippen LogP contribution >= 0.6 is 0 Å². The highest BCUT2D eigenvalue weighted by Crippen LogP contribution is 2.36. The number of hydrogen-bond donors (Lipinski definition) is 0. The second kappa shape index (κ2) is 2.53. The lowest BCUT2D eigenvalue weighted by molar-refractivity contribution is -0.328. The summed E-state index contributed by atoms with van der Waals surface area (Å²) in [6, 6.07) is 0. The van der Waals surface area contributed by atoms with Crippen LogP contribution in [0.15, 0.2) is 23.3 Å². The molecule has 68 valence electrons. The Labute approximate surface area is 75.9 Å². The molecule has 2 bridgehead atoms. The van der Waals surface area contributed by atoms with Gasteiger partial charge in [0.05, 0.1) is 0 Å². The summed E-state index contributed by atoms with van der Waals surface area (Å²) in [6.45, 7) is 0. The Hall–Kier alpha value is -0.930. The fourth-order valence-corrected chi connectivity index (χ4v) is 2.21. The number of fused-ring (bicyclic) bond motifs is 1. The molecule has 3 heteroatoms. The van der Waals surface area contributed by atoms with Crippen LogP contribution in [0.1, 0.15) is 19.3 Å². The van der Waals surface area contributed by atoms with E-state index in [9.17, 15) is 4.79 Å². The summed E-state index contributed by atoms with van der Waals surface area (Å²) in [7, 11) is 0. The standard InChI is InChI=1S/C10H10O3/c11-8-3-1-6-5-7-2-4-9(10(6)8)13-12-7/h2,4,7,9H,1,3,5H2. The van der Waals surface area contributed by atoms with Gasteiger partial charge in [0.25, 0.3) is 0 Å². The molecule has 0 aromatic carbocycles. The minimum Gasteiger partial charge on any atom is -0.294 e. The summed E-state index contributed by atoms with van der Waals surface area (Å²) in [5.74, 6) is 0.232. The van der Waals surface area contributed by atoms with Gasteiger partial charge in [-0.05, 0) is 12.5 Å². The maximum absolute atomic E-state index is 11.5. The first-order chi connectivity index (χ1) is 6.34. The molecule has 0 fully saturated rings. The van der Waals surface area contributed by atoms with E-state index in [2.05, 4.69) is 0 Å². The van der Waals surface area contributed by atoms with Gasteiger partial charge in [0.15, 0.2) is 5.78 Å². The molecule has 0 saturated heterocycles. The van der Waals surface area contributed by atoms with Crippen LogP contribution in [0.3, 0.4) is 0 Å². The summed E-state index contributed by atoms with van der Waals surface area (Å²) in [4.78, 5) is 21.7. The lowest BCUT2D eigenvalue weighted by Crippen LogP contribution is -2.22. The molecule has 0 amide bonds. The largest absolute Gasteiger partial charge is 0.294 e. The second-order valence-corrected chi connectivity index (χ2v) is 3.68. The summed E-state index contributed by atoms with van der Waals surface area (Å²) in [5.41, 5.74) is 2.10. The summed E-state index contributed by atoms with van der Waals surface area (Å²) in [5, 5.41) is 0. The monoisotopic (exact) mass is 178 g/mol. The Morgan fingerprint density at radius 3 is 2.92 bits per heavy atom. The molecule has 2 atom stereocenters. The highest BCUT2D eigenvalue weighted by molar-refractivity contribution is 6.00. The molecule has 4 aliphatic rings. The van der Waals surface area contributed by atoms with Gasteiger partial charge in [-0.15, -0.1) is 0 Å². The van der Waals surface area contributed by atoms with E-state index < -0.39 is 0 Å². The van der Waals surface area contributed by atoms with Gasteiger partial charge < -0.3 is 0 Å².